The second kappa shape index (κ2) is 4.90. The molecule has 0 unspecified atom stereocenters. The van der Waals surface area contributed by atoms with Crippen molar-refractivity contribution in [2.75, 3.05) is 11.1 Å². The van der Waals surface area contributed by atoms with Gasteiger partial charge in [-0.1, -0.05) is 28.1 Å². The molecule has 94 valence electrons. The van der Waals surface area contributed by atoms with Crippen LogP contribution in [0.1, 0.15) is 0 Å². The molecule has 0 spiro atoms. The number of nitrogens with one attached hydrogen (secondary N) is 1. The molecule has 0 atom stereocenters. The third kappa shape index (κ3) is 2.69. The minimum atomic E-state index is 0.648. The van der Waals surface area contributed by atoms with Gasteiger partial charge in [-0.3, -0.25) is 4.98 Å². The first-order valence-electron chi connectivity index (χ1n) is 5.87. The van der Waals surface area contributed by atoms with Crippen molar-refractivity contribution in [3.63, 3.8) is 0 Å². The van der Waals surface area contributed by atoms with Gasteiger partial charge in [-0.2, -0.15) is 0 Å². The molecule has 3 aromatic rings. The number of nitrogen functional groups attached to an aromatic ring is 1. The van der Waals surface area contributed by atoms with E-state index in [4.69, 9.17) is 5.73 Å². The monoisotopic (exact) mass is 313 g/mol. The van der Waals surface area contributed by atoms with Crippen molar-refractivity contribution < 1.29 is 0 Å². The molecule has 1 heterocycles. The number of aromatic nitrogens is 1. The first kappa shape index (κ1) is 12.0. The standard InChI is InChI=1S/C15H12BrN3/c16-12-3-1-11-6-14(4-2-10(11)5-12)19-15-7-13(17)8-18-9-15/h1-9,19H,17H2. The lowest BCUT2D eigenvalue weighted by Gasteiger charge is -2.08. The molecule has 0 aliphatic carbocycles. The number of nitrogens with zero attached hydrogens (tertiary/aromatic N) is 1. The third-order valence-corrected chi connectivity index (χ3v) is 3.34. The Kier molecular flexibility index (Phi) is 3.09. The number of hydrogen-bond donors (Lipinski definition) is 2. The maximum absolute atomic E-state index is 5.71. The van der Waals surface area contributed by atoms with Gasteiger partial charge in [-0.15, -0.1) is 0 Å². The van der Waals surface area contributed by atoms with E-state index in [-0.39, 0.29) is 0 Å². The zero-order valence-corrected chi connectivity index (χ0v) is 11.7. The minimum absolute atomic E-state index is 0.648. The van der Waals surface area contributed by atoms with Crippen molar-refractivity contribution in [1.29, 1.82) is 0 Å². The van der Waals surface area contributed by atoms with E-state index in [1.807, 2.05) is 18.2 Å². The van der Waals surface area contributed by atoms with Crippen molar-refractivity contribution in [1.82, 2.24) is 4.98 Å². The fourth-order valence-corrected chi connectivity index (χ4v) is 2.37. The van der Waals surface area contributed by atoms with Crippen LogP contribution in [0, 0.1) is 0 Å². The van der Waals surface area contributed by atoms with E-state index >= 15 is 0 Å². The highest BCUT2D eigenvalue weighted by Crippen LogP contribution is 2.25. The average Bonchev–Trinajstić information content (AvgIpc) is 2.39. The molecular weight excluding hydrogens is 302 g/mol. The maximum atomic E-state index is 5.71. The van der Waals surface area contributed by atoms with E-state index in [0.29, 0.717) is 5.69 Å². The molecule has 3 rings (SSSR count). The highest BCUT2D eigenvalue weighted by Gasteiger charge is 1.99. The number of pyridine rings is 1. The topological polar surface area (TPSA) is 50.9 Å². The Balaban J connectivity index is 1.95. The van der Waals surface area contributed by atoms with Crippen LogP contribution in [-0.4, -0.2) is 4.98 Å². The van der Waals surface area contributed by atoms with Crippen molar-refractivity contribution in [2.24, 2.45) is 0 Å². The van der Waals surface area contributed by atoms with Crippen molar-refractivity contribution in [3.05, 3.63) is 59.3 Å². The molecule has 0 radical (unpaired) electrons. The van der Waals surface area contributed by atoms with Crippen LogP contribution < -0.4 is 11.1 Å². The van der Waals surface area contributed by atoms with Crippen molar-refractivity contribution in [2.45, 2.75) is 0 Å². The summed E-state index contributed by atoms with van der Waals surface area (Å²) in [5.41, 5.74) is 8.26. The molecule has 2 aromatic carbocycles. The normalized spacial score (nSPS) is 10.6. The van der Waals surface area contributed by atoms with Gasteiger partial charge in [0.15, 0.2) is 0 Å². The molecule has 0 saturated heterocycles. The van der Waals surface area contributed by atoms with E-state index < -0.39 is 0 Å². The molecule has 0 fully saturated rings. The van der Waals surface area contributed by atoms with E-state index in [9.17, 15) is 0 Å². The van der Waals surface area contributed by atoms with Crippen molar-refractivity contribution in [3.8, 4) is 0 Å². The second-order valence-corrected chi connectivity index (χ2v) is 5.25. The van der Waals surface area contributed by atoms with Gasteiger partial charge in [-0.25, -0.2) is 0 Å². The summed E-state index contributed by atoms with van der Waals surface area (Å²) < 4.78 is 1.08. The summed E-state index contributed by atoms with van der Waals surface area (Å²) in [6.45, 7) is 0. The van der Waals surface area contributed by atoms with Gasteiger partial charge in [0.25, 0.3) is 0 Å². The molecular formula is C15H12BrN3. The van der Waals surface area contributed by atoms with Crippen LogP contribution in [0.15, 0.2) is 59.3 Å². The number of nitrogens with two attached hydrogens (primary N) is 1. The van der Waals surface area contributed by atoms with Gasteiger partial charge in [0.2, 0.25) is 0 Å². The number of halogens is 1. The SMILES string of the molecule is Nc1cncc(Nc2ccc3cc(Br)ccc3c2)c1. The Hall–Kier alpha value is -2.07. The molecule has 4 heteroatoms. The predicted octanol–water partition coefficient (Wildman–Crippen LogP) is 4.32. The Labute approximate surface area is 119 Å². The zero-order chi connectivity index (χ0) is 13.2. The van der Waals surface area contributed by atoms with Gasteiger partial charge in [0, 0.05) is 16.4 Å². The number of fused-ring (bicyclic) bond motifs is 1. The lowest BCUT2D eigenvalue weighted by atomic mass is 10.1. The summed E-state index contributed by atoms with van der Waals surface area (Å²) in [5.74, 6) is 0. The fourth-order valence-electron chi connectivity index (χ4n) is 1.99. The van der Waals surface area contributed by atoms with E-state index in [2.05, 4.69) is 50.5 Å². The highest BCUT2D eigenvalue weighted by molar-refractivity contribution is 9.10. The smallest absolute Gasteiger partial charge is 0.0591 e. The first-order valence-corrected chi connectivity index (χ1v) is 6.67. The number of hydrogen-bond acceptors (Lipinski definition) is 3. The summed E-state index contributed by atoms with van der Waals surface area (Å²) in [7, 11) is 0. The summed E-state index contributed by atoms with van der Waals surface area (Å²) in [6.07, 6.45) is 3.38. The van der Waals surface area contributed by atoms with Gasteiger partial charge in [0.1, 0.15) is 0 Å². The lowest BCUT2D eigenvalue weighted by molar-refractivity contribution is 1.32. The van der Waals surface area contributed by atoms with Gasteiger partial charge in [0.05, 0.1) is 17.6 Å². The lowest BCUT2D eigenvalue weighted by Crippen LogP contribution is -1.93. The van der Waals surface area contributed by atoms with Crippen LogP contribution in [0.2, 0.25) is 0 Å². The Morgan fingerprint density at radius 2 is 1.68 bits per heavy atom. The Morgan fingerprint density at radius 1 is 0.895 bits per heavy atom. The molecule has 3 nitrogen and oxygen atoms in total. The highest BCUT2D eigenvalue weighted by atomic mass is 79.9. The maximum Gasteiger partial charge on any atom is 0.0591 e. The van der Waals surface area contributed by atoms with Gasteiger partial charge in [-0.05, 0) is 41.1 Å². The van der Waals surface area contributed by atoms with Crippen LogP contribution in [0.5, 0.6) is 0 Å². The van der Waals surface area contributed by atoms with E-state index in [1.54, 1.807) is 12.4 Å². The largest absolute Gasteiger partial charge is 0.397 e. The summed E-state index contributed by atoms with van der Waals surface area (Å²) >= 11 is 3.47. The molecule has 0 aliphatic heterocycles. The third-order valence-electron chi connectivity index (χ3n) is 2.85. The van der Waals surface area contributed by atoms with Crippen LogP contribution in [0.25, 0.3) is 10.8 Å². The zero-order valence-electron chi connectivity index (χ0n) is 10.1. The molecule has 0 amide bonds. The van der Waals surface area contributed by atoms with Crippen molar-refractivity contribution >= 4 is 43.8 Å². The molecule has 0 bridgehead atoms. The molecule has 3 N–H and O–H groups in total. The summed E-state index contributed by atoms with van der Waals surface area (Å²) in [6, 6.07) is 14.3. The van der Waals surface area contributed by atoms with Crippen LogP contribution in [-0.2, 0) is 0 Å². The summed E-state index contributed by atoms with van der Waals surface area (Å²) in [4.78, 5) is 4.06. The fraction of sp³-hybridized carbons (Fsp3) is 0. The average molecular weight is 314 g/mol. The van der Waals surface area contributed by atoms with E-state index in [1.165, 1.54) is 10.8 Å². The van der Waals surface area contributed by atoms with Crippen LogP contribution in [0.3, 0.4) is 0 Å². The van der Waals surface area contributed by atoms with Crippen LogP contribution in [0.4, 0.5) is 17.1 Å². The predicted molar refractivity (Wildman–Crippen MR) is 83.6 cm³/mol. The minimum Gasteiger partial charge on any atom is -0.397 e. The van der Waals surface area contributed by atoms with Gasteiger partial charge >= 0.3 is 0 Å². The molecule has 19 heavy (non-hydrogen) atoms. The number of benzene rings is 2. The summed E-state index contributed by atoms with van der Waals surface area (Å²) in [5, 5.41) is 5.68. The van der Waals surface area contributed by atoms with Crippen LogP contribution >= 0.6 is 15.9 Å². The molecule has 0 aliphatic rings. The Bertz CT molecular complexity index is 740. The quantitative estimate of drug-likeness (QED) is 0.740. The number of anilines is 3. The second-order valence-electron chi connectivity index (χ2n) is 4.34. The Morgan fingerprint density at radius 3 is 2.53 bits per heavy atom. The first-order chi connectivity index (χ1) is 9.20. The molecule has 0 saturated carbocycles. The van der Waals surface area contributed by atoms with E-state index in [0.717, 1.165) is 15.8 Å². The van der Waals surface area contributed by atoms with Gasteiger partial charge < -0.3 is 11.1 Å². The molecule has 1 aromatic heterocycles. The number of rotatable bonds is 2.